The average Bonchev–Trinajstić information content (AvgIpc) is 2.55. The Hall–Kier alpha value is -2.29. The molecule has 0 aliphatic carbocycles. The van der Waals surface area contributed by atoms with E-state index in [4.69, 9.17) is 0 Å². The molecule has 2 aromatic rings. The summed E-state index contributed by atoms with van der Waals surface area (Å²) < 4.78 is 0. The molecule has 0 spiro atoms. The molecule has 0 aliphatic rings. The lowest BCUT2D eigenvalue weighted by molar-refractivity contribution is -0.135. The van der Waals surface area contributed by atoms with Gasteiger partial charge in [-0.1, -0.05) is 56.3 Å². The first-order chi connectivity index (χ1) is 11.0. The first kappa shape index (κ1) is 17.1. The monoisotopic (exact) mass is 310 g/mol. The SMILES string of the molecule is CC(C)C(=O)N(Cc1ccccc1)Cc1ccc(N(C)C)cc1. The van der Waals surface area contributed by atoms with Crippen LogP contribution in [0.5, 0.6) is 0 Å². The van der Waals surface area contributed by atoms with Crippen LogP contribution in [0.3, 0.4) is 0 Å². The molecule has 0 bridgehead atoms. The van der Waals surface area contributed by atoms with Crippen LogP contribution in [0, 0.1) is 5.92 Å². The van der Waals surface area contributed by atoms with Gasteiger partial charge < -0.3 is 9.80 Å². The minimum absolute atomic E-state index is 0.000222. The molecule has 1 amide bonds. The molecule has 2 rings (SSSR count). The standard InChI is InChI=1S/C20H26N2O/c1-16(2)20(23)22(14-17-8-6-5-7-9-17)15-18-10-12-19(13-11-18)21(3)4/h5-13,16H,14-15H2,1-4H3. The van der Waals surface area contributed by atoms with E-state index < -0.39 is 0 Å². The molecule has 3 nitrogen and oxygen atoms in total. The summed E-state index contributed by atoms with van der Waals surface area (Å²) in [6.07, 6.45) is 0. The van der Waals surface area contributed by atoms with Crippen LogP contribution in [0.2, 0.25) is 0 Å². The van der Waals surface area contributed by atoms with Crippen LogP contribution in [0.25, 0.3) is 0 Å². The number of nitrogens with zero attached hydrogens (tertiary/aromatic N) is 2. The maximum atomic E-state index is 12.5. The van der Waals surface area contributed by atoms with Gasteiger partial charge in [0.15, 0.2) is 0 Å². The van der Waals surface area contributed by atoms with Gasteiger partial charge in [0.05, 0.1) is 0 Å². The summed E-state index contributed by atoms with van der Waals surface area (Å²) in [5.41, 5.74) is 3.48. The molecule has 0 fully saturated rings. The van der Waals surface area contributed by atoms with E-state index in [9.17, 15) is 4.79 Å². The third kappa shape index (κ3) is 4.85. The zero-order valence-corrected chi connectivity index (χ0v) is 14.5. The molecule has 0 unspecified atom stereocenters. The zero-order valence-electron chi connectivity index (χ0n) is 14.5. The van der Waals surface area contributed by atoms with Crippen molar-refractivity contribution in [2.45, 2.75) is 26.9 Å². The number of rotatable bonds is 6. The van der Waals surface area contributed by atoms with Crippen LogP contribution in [-0.4, -0.2) is 24.9 Å². The molecule has 0 atom stereocenters. The highest BCUT2D eigenvalue weighted by atomic mass is 16.2. The molecule has 2 aromatic carbocycles. The van der Waals surface area contributed by atoms with Gasteiger partial charge in [-0.25, -0.2) is 0 Å². The normalized spacial score (nSPS) is 10.7. The van der Waals surface area contributed by atoms with Crippen molar-refractivity contribution in [3.05, 3.63) is 65.7 Å². The Morgan fingerprint density at radius 3 is 1.87 bits per heavy atom. The van der Waals surface area contributed by atoms with Gasteiger partial charge in [0.1, 0.15) is 0 Å². The molecule has 0 aliphatic heterocycles. The topological polar surface area (TPSA) is 23.6 Å². The number of hydrogen-bond donors (Lipinski definition) is 0. The van der Waals surface area contributed by atoms with E-state index in [0.717, 1.165) is 11.1 Å². The van der Waals surface area contributed by atoms with Gasteiger partial charge in [0, 0.05) is 38.8 Å². The van der Waals surface area contributed by atoms with Gasteiger partial charge in [-0.2, -0.15) is 0 Å². The lowest BCUT2D eigenvalue weighted by atomic mass is 10.1. The Balaban J connectivity index is 2.15. The first-order valence-electron chi connectivity index (χ1n) is 8.06. The highest BCUT2D eigenvalue weighted by Gasteiger charge is 2.17. The number of benzene rings is 2. The molecule has 122 valence electrons. The summed E-state index contributed by atoms with van der Waals surface area (Å²) >= 11 is 0. The van der Waals surface area contributed by atoms with Crippen molar-refractivity contribution < 1.29 is 4.79 Å². The molecule has 3 heteroatoms. The zero-order chi connectivity index (χ0) is 16.8. The summed E-state index contributed by atoms with van der Waals surface area (Å²) in [6, 6.07) is 18.5. The summed E-state index contributed by atoms with van der Waals surface area (Å²) in [7, 11) is 4.05. The van der Waals surface area contributed by atoms with Crippen LogP contribution in [-0.2, 0) is 17.9 Å². The van der Waals surface area contributed by atoms with Gasteiger partial charge in [0.25, 0.3) is 0 Å². The smallest absolute Gasteiger partial charge is 0.225 e. The molecule has 0 saturated heterocycles. The van der Waals surface area contributed by atoms with E-state index in [-0.39, 0.29) is 11.8 Å². The minimum atomic E-state index is -0.000222. The predicted octanol–water partition coefficient (Wildman–Crippen LogP) is 3.94. The van der Waals surface area contributed by atoms with E-state index in [1.54, 1.807) is 0 Å². The van der Waals surface area contributed by atoms with E-state index in [0.29, 0.717) is 13.1 Å². The lowest BCUT2D eigenvalue weighted by Gasteiger charge is -2.25. The molecule has 0 N–H and O–H groups in total. The quantitative estimate of drug-likeness (QED) is 0.807. The maximum Gasteiger partial charge on any atom is 0.225 e. The van der Waals surface area contributed by atoms with Crippen molar-refractivity contribution in [1.82, 2.24) is 4.90 Å². The summed E-state index contributed by atoms with van der Waals surface area (Å²) in [4.78, 5) is 16.6. The molecule has 0 aromatic heterocycles. The third-order valence-corrected chi connectivity index (χ3v) is 3.85. The van der Waals surface area contributed by atoms with Gasteiger partial charge >= 0.3 is 0 Å². The van der Waals surface area contributed by atoms with Crippen molar-refractivity contribution in [3.8, 4) is 0 Å². The number of hydrogen-bond acceptors (Lipinski definition) is 2. The maximum absolute atomic E-state index is 12.5. The van der Waals surface area contributed by atoms with Gasteiger partial charge in [0.2, 0.25) is 5.91 Å². The van der Waals surface area contributed by atoms with Crippen LogP contribution >= 0.6 is 0 Å². The Kier molecular flexibility index (Phi) is 5.80. The minimum Gasteiger partial charge on any atom is -0.378 e. The lowest BCUT2D eigenvalue weighted by Crippen LogP contribution is -2.33. The number of anilines is 1. The van der Waals surface area contributed by atoms with E-state index in [1.165, 1.54) is 5.69 Å². The predicted molar refractivity (Wildman–Crippen MR) is 96.3 cm³/mol. The van der Waals surface area contributed by atoms with Crippen molar-refractivity contribution in [3.63, 3.8) is 0 Å². The summed E-state index contributed by atoms with van der Waals surface area (Å²) in [5, 5.41) is 0. The molecule has 23 heavy (non-hydrogen) atoms. The number of carbonyl (C=O) groups excluding carboxylic acids is 1. The van der Waals surface area contributed by atoms with Crippen LogP contribution < -0.4 is 4.90 Å². The van der Waals surface area contributed by atoms with Crippen LogP contribution in [0.4, 0.5) is 5.69 Å². The van der Waals surface area contributed by atoms with Crippen molar-refractivity contribution in [2.75, 3.05) is 19.0 Å². The second-order valence-corrected chi connectivity index (χ2v) is 6.40. The second kappa shape index (κ2) is 7.82. The van der Waals surface area contributed by atoms with Gasteiger partial charge in [-0.05, 0) is 23.3 Å². The van der Waals surface area contributed by atoms with Crippen LogP contribution in [0.15, 0.2) is 54.6 Å². The van der Waals surface area contributed by atoms with E-state index >= 15 is 0 Å². The third-order valence-electron chi connectivity index (χ3n) is 3.85. The van der Waals surface area contributed by atoms with Crippen molar-refractivity contribution >= 4 is 11.6 Å². The van der Waals surface area contributed by atoms with Gasteiger partial charge in [-0.3, -0.25) is 4.79 Å². The largest absolute Gasteiger partial charge is 0.378 e. The summed E-state index contributed by atoms with van der Waals surface area (Å²) in [5.74, 6) is 0.185. The van der Waals surface area contributed by atoms with E-state index in [1.807, 2.05) is 51.0 Å². The molecule has 0 saturated carbocycles. The highest BCUT2D eigenvalue weighted by Crippen LogP contribution is 2.17. The average molecular weight is 310 g/mol. The van der Waals surface area contributed by atoms with Crippen molar-refractivity contribution in [1.29, 1.82) is 0 Å². The second-order valence-electron chi connectivity index (χ2n) is 6.40. The molecular formula is C20H26N2O. The van der Waals surface area contributed by atoms with Crippen molar-refractivity contribution in [2.24, 2.45) is 5.92 Å². The fourth-order valence-electron chi connectivity index (χ4n) is 2.50. The Morgan fingerprint density at radius 2 is 1.39 bits per heavy atom. The summed E-state index contributed by atoms with van der Waals surface area (Å²) in [6.45, 7) is 5.19. The molecular weight excluding hydrogens is 284 g/mol. The van der Waals surface area contributed by atoms with Crippen LogP contribution in [0.1, 0.15) is 25.0 Å². The molecule has 0 heterocycles. The Bertz CT molecular complexity index is 618. The number of amides is 1. The fourth-order valence-corrected chi connectivity index (χ4v) is 2.50. The fraction of sp³-hybridized carbons (Fsp3) is 0.350. The molecule has 0 radical (unpaired) electrons. The Labute approximate surface area is 139 Å². The number of carbonyl (C=O) groups is 1. The highest BCUT2D eigenvalue weighted by molar-refractivity contribution is 5.78. The van der Waals surface area contributed by atoms with Gasteiger partial charge in [-0.15, -0.1) is 0 Å². The Morgan fingerprint density at radius 1 is 0.870 bits per heavy atom. The van der Waals surface area contributed by atoms with E-state index in [2.05, 4.69) is 41.3 Å². The first-order valence-corrected chi connectivity index (χ1v) is 8.06.